The average molecular weight is 375 g/mol. The molecule has 0 atom stereocenters. The van der Waals surface area contributed by atoms with Crippen LogP contribution in [0.15, 0.2) is 41.4 Å². The number of guanidine groups is 1. The van der Waals surface area contributed by atoms with Gasteiger partial charge in [0.05, 0.1) is 0 Å². The zero-order valence-corrected chi connectivity index (χ0v) is 15.5. The summed E-state index contributed by atoms with van der Waals surface area (Å²) < 4.78 is 38.1. The number of nitrogens with one attached hydrogen (secondary N) is 1. The average Bonchev–Trinajstić information content (AvgIpc) is 2.67. The third-order valence-electron chi connectivity index (χ3n) is 4.28. The van der Waals surface area contributed by atoms with E-state index in [0.717, 1.165) is 29.2 Å². The van der Waals surface area contributed by atoms with Crippen molar-refractivity contribution in [3.8, 4) is 11.5 Å². The highest BCUT2D eigenvalue weighted by Gasteiger charge is 2.13. The molecule has 0 aliphatic carbocycles. The van der Waals surface area contributed by atoms with Gasteiger partial charge < -0.3 is 19.7 Å². The summed E-state index contributed by atoms with van der Waals surface area (Å²) >= 11 is 0. The van der Waals surface area contributed by atoms with Crippen molar-refractivity contribution in [3.63, 3.8) is 0 Å². The van der Waals surface area contributed by atoms with E-state index in [9.17, 15) is 8.78 Å². The van der Waals surface area contributed by atoms with Crippen LogP contribution >= 0.6 is 0 Å². The van der Waals surface area contributed by atoms with Crippen molar-refractivity contribution in [2.75, 3.05) is 33.9 Å². The molecule has 1 heterocycles. The third kappa shape index (κ3) is 4.87. The highest BCUT2D eigenvalue weighted by molar-refractivity contribution is 5.79. The van der Waals surface area contributed by atoms with E-state index in [2.05, 4.69) is 10.3 Å². The first-order valence-electron chi connectivity index (χ1n) is 8.81. The molecule has 0 saturated heterocycles. The van der Waals surface area contributed by atoms with Gasteiger partial charge in [0.1, 0.15) is 24.8 Å². The van der Waals surface area contributed by atoms with Crippen molar-refractivity contribution in [2.24, 2.45) is 4.99 Å². The standard InChI is InChI=1S/C20H23F2N3O2/c1-23-20(24-8-7-15-12-16(21)4-5-17(15)22)25(2)13-14-3-6-18-19(11-14)27-10-9-26-18/h3-6,11-12H,7-10,13H2,1-2H3,(H,23,24). The largest absolute Gasteiger partial charge is 0.486 e. The molecule has 1 N–H and O–H groups in total. The normalized spacial score (nSPS) is 13.4. The molecule has 0 aromatic heterocycles. The Morgan fingerprint density at radius 2 is 1.89 bits per heavy atom. The third-order valence-corrected chi connectivity index (χ3v) is 4.28. The van der Waals surface area contributed by atoms with Gasteiger partial charge in [-0.2, -0.15) is 0 Å². The van der Waals surface area contributed by atoms with E-state index in [-0.39, 0.29) is 0 Å². The fourth-order valence-corrected chi connectivity index (χ4v) is 2.96. The van der Waals surface area contributed by atoms with Gasteiger partial charge >= 0.3 is 0 Å². The number of fused-ring (bicyclic) bond motifs is 1. The van der Waals surface area contributed by atoms with Gasteiger partial charge in [0, 0.05) is 27.2 Å². The second-order valence-corrected chi connectivity index (χ2v) is 6.29. The van der Waals surface area contributed by atoms with Crippen molar-refractivity contribution in [3.05, 3.63) is 59.2 Å². The summed E-state index contributed by atoms with van der Waals surface area (Å²) in [6.45, 7) is 2.17. The topological polar surface area (TPSA) is 46.1 Å². The summed E-state index contributed by atoms with van der Waals surface area (Å²) in [5, 5.41) is 3.18. The molecule has 0 radical (unpaired) electrons. The lowest BCUT2D eigenvalue weighted by Gasteiger charge is -2.24. The lowest BCUT2D eigenvalue weighted by atomic mass is 10.1. The zero-order valence-electron chi connectivity index (χ0n) is 15.5. The van der Waals surface area contributed by atoms with Gasteiger partial charge in [0.25, 0.3) is 0 Å². The smallest absolute Gasteiger partial charge is 0.193 e. The second kappa shape index (κ2) is 8.70. The molecule has 1 aliphatic heterocycles. The minimum Gasteiger partial charge on any atom is -0.486 e. The Balaban J connectivity index is 1.56. The van der Waals surface area contributed by atoms with Gasteiger partial charge in [-0.3, -0.25) is 4.99 Å². The van der Waals surface area contributed by atoms with Gasteiger partial charge in [-0.1, -0.05) is 6.07 Å². The number of nitrogens with zero attached hydrogens (tertiary/aromatic N) is 2. The first-order chi connectivity index (χ1) is 13.1. The molecule has 2 aromatic rings. The van der Waals surface area contributed by atoms with Gasteiger partial charge in [0.2, 0.25) is 0 Å². The molecule has 5 nitrogen and oxygen atoms in total. The van der Waals surface area contributed by atoms with Crippen LogP contribution in [0.5, 0.6) is 11.5 Å². The summed E-state index contributed by atoms with van der Waals surface area (Å²) in [5.41, 5.74) is 1.40. The quantitative estimate of drug-likeness (QED) is 0.645. The number of benzene rings is 2. The molecule has 0 unspecified atom stereocenters. The maximum Gasteiger partial charge on any atom is 0.193 e. The van der Waals surface area contributed by atoms with Gasteiger partial charge in [-0.15, -0.1) is 0 Å². The number of rotatable bonds is 5. The fraction of sp³-hybridized carbons (Fsp3) is 0.350. The maximum atomic E-state index is 13.7. The molecule has 0 amide bonds. The van der Waals surface area contributed by atoms with Crippen LogP contribution in [0, 0.1) is 11.6 Å². The molecule has 0 saturated carbocycles. The van der Waals surface area contributed by atoms with E-state index in [1.807, 2.05) is 30.1 Å². The van der Waals surface area contributed by atoms with E-state index in [1.165, 1.54) is 6.07 Å². The van der Waals surface area contributed by atoms with Crippen molar-refractivity contribution in [2.45, 2.75) is 13.0 Å². The van der Waals surface area contributed by atoms with Crippen LogP contribution in [-0.4, -0.2) is 44.7 Å². The lowest BCUT2D eigenvalue weighted by molar-refractivity contribution is 0.171. The molecule has 27 heavy (non-hydrogen) atoms. The van der Waals surface area contributed by atoms with Crippen LogP contribution in [0.4, 0.5) is 8.78 Å². The van der Waals surface area contributed by atoms with Gasteiger partial charge in [0.15, 0.2) is 17.5 Å². The maximum absolute atomic E-state index is 13.7. The number of hydrogen-bond donors (Lipinski definition) is 1. The number of aliphatic imine (C=N–C) groups is 1. The molecular weight excluding hydrogens is 352 g/mol. The van der Waals surface area contributed by atoms with E-state index in [4.69, 9.17) is 9.47 Å². The highest BCUT2D eigenvalue weighted by atomic mass is 19.1. The first-order valence-corrected chi connectivity index (χ1v) is 8.81. The molecule has 144 valence electrons. The molecule has 7 heteroatoms. The summed E-state index contributed by atoms with van der Waals surface area (Å²) in [5.74, 6) is 1.33. The van der Waals surface area contributed by atoms with E-state index in [0.29, 0.717) is 44.2 Å². The van der Waals surface area contributed by atoms with Gasteiger partial charge in [-0.25, -0.2) is 8.78 Å². The minimum absolute atomic E-state index is 0.340. The van der Waals surface area contributed by atoms with E-state index < -0.39 is 11.6 Å². The lowest BCUT2D eigenvalue weighted by Crippen LogP contribution is -2.39. The second-order valence-electron chi connectivity index (χ2n) is 6.29. The van der Waals surface area contributed by atoms with Gasteiger partial charge in [-0.05, 0) is 47.9 Å². The monoisotopic (exact) mass is 375 g/mol. The van der Waals surface area contributed by atoms with Crippen molar-refractivity contribution < 1.29 is 18.3 Å². The number of ether oxygens (including phenoxy) is 2. The van der Waals surface area contributed by atoms with Crippen LogP contribution in [0.1, 0.15) is 11.1 Å². The molecule has 2 aromatic carbocycles. The Bertz CT molecular complexity index is 827. The first kappa shape index (κ1) is 18.9. The minimum atomic E-state index is -0.438. The molecular formula is C20H23F2N3O2. The van der Waals surface area contributed by atoms with E-state index >= 15 is 0 Å². The molecule has 1 aliphatic rings. The van der Waals surface area contributed by atoms with Crippen molar-refractivity contribution in [1.82, 2.24) is 10.2 Å². The van der Waals surface area contributed by atoms with Crippen LogP contribution in [0.3, 0.4) is 0 Å². The molecule has 0 spiro atoms. The summed E-state index contributed by atoms with van der Waals surface area (Å²) in [7, 11) is 3.60. The Morgan fingerprint density at radius 1 is 1.11 bits per heavy atom. The van der Waals surface area contributed by atoms with Crippen molar-refractivity contribution in [1.29, 1.82) is 0 Å². The summed E-state index contributed by atoms with van der Waals surface area (Å²) in [6, 6.07) is 9.33. The molecule has 3 rings (SSSR count). The number of halogens is 2. The summed E-state index contributed by atoms with van der Waals surface area (Å²) in [4.78, 5) is 6.20. The van der Waals surface area contributed by atoms with Crippen LogP contribution in [0.2, 0.25) is 0 Å². The fourth-order valence-electron chi connectivity index (χ4n) is 2.96. The predicted octanol–water partition coefficient (Wildman–Crippen LogP) is 2.99. The SMILES string of the molecule is CN=C(NCCc1cc(F)ccc1F)N(C)Cc1ccc2c(c1)OCCO2. The summed E-state index contributed by atoms with van der Waals surface area (Å²) in [6.07, 6.45) is 0.362. The predicted molar refractivity (Wildman–Crippen MR) is 100 cm³/mol. The van der Waals surface area contributed by atoms with Crippen LogP contribution < -0.4 is 14.8 Å². The molecule has 0 bridgehead atoms. The Labute approximate surface area is 157 Å². The Hall–Kier alpha value is -2.83. The Kier molecular flexibility index (Phi) is 6.11. The highest BCUT2D eigenvalue weighted by Crippen LogP contribution is 2.31. The molecule has 0 fully saturated rings. The van der Waals surface area contributed by atoms with Crippen LogP contribution in [0.25, 0.3) is 0 Å². The van der Waals surface area contributed by atoms with Crippen molar-refractivity contribution >= 4 is 5.96 Å². The number of hydrogen-bond acceptors (Lipinski definition) is 3. The van der Waals surface area contributed by atoms with E-state index in [1.54, 1.807) is 7.05 Å². The Morgan fingerprint density at radius 3 is 2.67 bits per heavy atom. The van der Waals surface area contributed by atoms with Crippen LogP contribution in [-0.2, 0) is 13.0 Å². The zero-order chi connectivity index (χ0) is 19.2.